The van der Waals surface area contributed by atoms with E-state index in [1.165, 1.54) is 6.07 Å². The first-order chi connectivity index (χ1) is 9.46. The van der Waals surface area contributed by atoms with E-state index in [1.54, 1.807) is 13.0 Å². The van der Waals surface area contributed by atoms with Crippen molar-refractivity contribution in [2.24, 2.45) is 0 Å². The topological polar surface area (TPSA) is 27.0 Å². The van der Waals surface area contributed by atoms with Gasteiger partial charge in [-0.2, -0.15) is 5.26 Å². The molecule has 0 aromatic heterocycles. The second-order valence-electron chi connectivity index (χ2n) is 5.63. The molecule has 110 valence electrons. The van der Waals surface area contributed by atoms with Gasteiger partial charge in [0.1, 0.15) is 11.4 Å². The van der Waals surface area contributed by atoms with E-state index in [2.05, 4.69) is 24.8 Å². The minimum atomic E-state index is -0.531. The van der Waals surface area contributed by atoms with Gasteiger partial charge in [-0.1, -0.05) is 26.0 Å². The molecule has 0 aliphatic heterocycles. The Balaban J connectivity index is 2.97. The predicted molar refractivity (Wildman–Crippen MR) is 81.0 cm³/mol. The molecule has 1 aromatic carbocycles. The summed E-state index contributed by atoms with van der Waals surface area (Å²) in [4.78, 5) is 2.24. The summed E-state index contributed by atoms with van der Waals surface area (Å²) in [7, 11) is 0. The molecule has 0 saturated carbocycles. The number of nitrogens with zero attached hydrogens (tertiary/aromatic N) is 2. The van der Waals surface area contributed by atoms with Crippen LogP contribution in [0.4, 0.5) is 4.39 Å². The van der Waals surface area contributed by atoms with Gasteiger partial charge in [0.15, 0.2) is 0 Å². The molecule has 3 heteroatoms. The lowest BCUT2D eigenvalue weighted by molar-refractivity contribution is 0.151. The molecule has 0 aliphatic rings. The van der Waals surface area contributed by atoms with Crippen molar-refractivity contribution >= 4 is 0 Å². The van der Waals surface area contributed by atoms with Gasteiger partial charge >= 0.3 is 0 Å². The Hall–Kier alpha value is -1.40. The molecule has 0 heterocycles. The van der Waals surface area contributed by atoms with Gasteiger partial charge in [-0.05, 0) is 57.0 Å². The van der Waals surface area contributed by atoms with Crippen LogP contribution in [0.3, 0.4) is 0 Å². The fourth-order valence-corrected chi connectivity index (χ4v) is 2.58. The number of hydrogen-bond donors (Lipinski definition) is 0. The number of hydrogen-bond acceptors (Lipinski definition) is 2. The van der Waals surface area contributed by atoms with E-state index in [-0.39, 0.29) is 5.82 Å². The van der Waals surface area contributed by atoms with Crippen molar-refractivity contribution in [3.05, 3.63) is 35.1 Å². The zero-order valence-corrected chi connectivity index (χ0v) is 13.0. The standard InChI is InChI=1S/C17H25FN2/c1-5-9-20(10-6-2)17(4,13-19)12-15-7-8-16(18)14(3)11-15/h7-8,11H,5-6,9-10,12H2,1-4H3. The molecular weight excluding hydrogens is 251 g/mol. The third-order valence-electron chi connectivity index (χ3n) is 3.70. The number of rotatable bonds is 7. The van der Waals surface area contributed by atoms with Crippen LogP contribution >= 0.6 is 0 Å². The fourth-order valence-electron chi connectivity index (χ4n) is 2.58. The maximum atomic E-state index is 13.3. The summed E-state index contributed by atoms with van der Waals surface area (Å²) < 4.78 is 13.3. The second-order valence-corrected chi connectivity index (χ2v) is 5.63. The Labute approximate surface area is 122 Å². The molecular formula is C17H25FN2. The van der Waals surface area contributed by atoms with Crippen molar-refractivity contribution in [2.45, 2.75) is 52.5 Å². The van der Waals surface area contributed by atoms with Crippen LogP contribution in [0.5, 0.6) is 0 Å². The van der Waals surface area contributed by atoms with E-state index in [1.807, 2.05) is 13.0 Å². The molecule has 0 spiro atoms. The third-order valence-corrected chi connectivity index (χ3v) is 3.70. The van der Waals surface area contributed by atoms with Crippen LogP contribution in [-0.2, 0) is 6.42 Å². The molecule has 1 atom stereocenters. The molecule has 0 aliphatic carbocycles. The Kier molecular flexibility index (Phi) is 6.16. The van der Waals surface area contributed by atoms with Crippen molar-refractivity contribution in [3.8, 4) is 6.07 Å². The maximum absolute atomic E-state index is 13.3. The number of aryl methyl sites for hydroxylation is 1. The van der Waals surface area contributed by atoms with Crippen LogP contribution in [-0.4, -0.2) is 23.5 Å². The van der Waals surface area contributed by atoms with Gasteiger partial charge in [-0.25, -0.2) is 4.39 Å². The second kappa shape index (κ2) is 7.40. The van der Waals surface area contributed by atoms with Crippen LogP contribution in [0.1, 0.15) is 44.7 Å². The maximum Gasteiger partial charge on any atom is 0.126 e. The highest BCUT2D eigenvalue weighted by Gasteiger charge is 2.31. The average molecular weight is 276 g/mol. The van der Waals surface area contributed by atoms with Crippen molar-refractivity contribution in [1.82, 2.24) is 4.90 Å². The smallest absolute Gasteiger partial charge is 0.126 e. The largest absolute Gasteiger partial charge is 0.286 e. The number of nitriles is 1. The van der Waals surface area contributed by atoms with E-state index in [9.17, 15) is 9.65 Å². The van der Waals surface area contributed by atoms with E-state index < -0.39 is 5.54 Å². The summed E-state index contributed by atoms with van der Waals surface area (Å²) >= 11 is 0. The molecule has 0 amide bonds. The minimum Gasteiger partial charge on any atom is -0.286 e. The first kappa shape index (κ1) is 16.7. The van der Waals surface area contributed by atoms with E-state index in [4.69, 9.17) is 0 Å². The van der Waals surface area contributed by atoms with Gasteiger partial charge in [-0.3, -0.25) is 4.90 Å². The van der Waals surface area contributed by atoms with Crippen molar-refractivity contribution in [3.63, 3.8) is 0 Å². The molecule has 20 heavy (non-hydrogen) atoms. The molecule has 0 bridgehead atoms. The van der Waals surface area contributed by atoms with Crippen LogP contribution in [0.2, 0.25) is 0 Å². The van der Waals surface area contributed by atoms with Crippen LogP contribution < -0.4 is 0 Å². The van der Waals surface area contributed by atoms with Crippen LogP contribution in [0, 0.1) is 24.1 Å². The summed E-state index contributed by atoms with van der Waals surface area (Å²) in [6.07, 6.45) is 2.68. The van der Waals surface area contributed by atoms with Gasteiger partial charge in [0, 0.05) is 6.42 Å². The quantitative estimate of drug-likeness (QED) is 0.750. The Morgan fingerprint density at radius 2 is 1.85 bits per heavy atom. The molecule has 0 radical (unpaired) electrons. The Morgan fingerprint density at radius 3 is 2.30 bits per heavy atom. The summed E-state index contributed by atoms with van der Waals surface area (Å²) in [5, 5.41) is 9.63. The Bertz CT molecular complexity index is 472. The first-order valence-electron chi connectivity index (χ1n) is 7.38. The lowest BCUT2D eigenvalue weighted by atomic mass is 9.91. The van der Waals surface area contributed by atoms with Crippen molar-refractivity contribution in [2.75, 3.05) is 13.1 Å². The van der Waals surface area contributed by atoms with Crippen molar-refractivity contribution < 1.29 is 4.39 Å². The van der Waals surface area contributed by atoms with Crippen LogP contribution in [0.15, 0.2) is 18.2 Å². The zero-order valence-electron chi connectivity index (χ0n) is 13.0. The SMILES string of the molecule is CCCN(CCC)C(C)(C#N)Cc1ccc(F)c(C)c1. The lowest BCUT2D eigenvalue weighted by Crippen LogP contribution is -2.47. The molecule has 1 rings (SSSR count). The molecule has 0 fully saturated rings. The number of halogens is 1. The number of benzene rings is 1. The van der Waals surface area contributed by atoms with Gasteiger partial charge < -0.3 is 0 Å². The highest BCUT2D eigenvalue weighted by atomic mass is 19.1. The van der Waals surface area contributed by atoms with Crippen LogP contribution in [0.25, 0.3) is 0 Å². The average Bonchev–Trinajstić information content (AvgIpc) is 2.42. The fraction of sp³-hybridized carbons (Fsp3) is 0.588. The summed E-state index contributed by atoms with van der Waals surface area (Å²) in [6.45, 7) is 9.83. The normalized spacial score (nSPS) is 14.1. The van der Waals surface area contributed by atoms with Gasteiger partial charge in [-0.15, -0.1) is 0 Å². The lowest BCUT2D eigenvalue weighted by Gasteiger charge is -2.36. The van der Waals surface area contributed by atoms with Gasteiger partial charge in [0.25, 0.3) is 0 Å². The first-order valence-corrected chi connectivity index (χ1v) is 7.38. The van der Waals surface area contributed by atoms with E-state index >= 15 is 0 Å². The highest BCUT2D eigenvalue weighted by molar-refractivity contribution is 5.27. The van der Waals surface area contributed by atoms with Gasteiger partial charge in [0.05, 0.1) is 6.07 Å². The minimum absolute atomic E-state index is 0.189. The molecule has 2 nitrogen and oxygen atoms in total. The highest BCUT2D eigenvalue weighted by Crippen LogP contribution is 2.22. The summed E-state index contributed by atoms with van der Waals surface area (Å²) in [6, 6.07) is 7.59. The Morgan fingerprint density at radius 1 is 1.25 bits per heavy atom. The summed E-state index contributed by atoms with van der Waals surface area (Å²) in [5.41, 5.74) is 1.13. The third kappa shape index (κ3) is 4.05. The summed E-state index contributed by atoms with van der Waals surface area (Å²) in [5.74, 6) is -0.189. The van der Waals surface area contributed by atoms with E-state index in [0.29, 0.717) is 12.0 Å². The molecule has 1 unspecified atom stereocenters. The molecule has 0 N–H and O–H groups in total. The molecule has 0 saturated heterocycles. The molecule has 1 aromatic rings. The predicted octanol–water partition coefficient (Wildman–Crippen LogP) is 4.08. The zero-order chi connectivity index (χ0) is 15.2. The van der Waals surface area contributed by atoms with Gasteiger partial charge in [0.2, 0.25) is 0 Å². The van der Waals surface area contributed by atoms with Crippen molar-refractivity contribution in [1.29, 1.82) is 5.26 Å². The monoisotopic (exact) mass is 276 g/mol. The van der Waals surface area contributed by atoms with E-state index in [0.717, 1.165) is 31.5 Å².